The SMILES string of the molecule is CN(C)C(=O)N[C@@H]1CCC2(CCN(C3CCC4CCC(CC3)N4C(=O)C(C)(C)C)CC2)c2ccccc21.[HH].[HH]. The van der Waals surface area contributed by atoms with Crippen molar-refractivity contribution in [2.45, 2.75) is 115 Å². The van der Waals surface area contributed by atoms with E-state index in [9.17, 15) is 9.59 Å². The van der Waals surface area contributed by atoms with Crippen LogP contribution in [-0.4, -0.2) is 71.9 Å². The van der Waals surface area contributed by atoms with E-state index < -0.39 is 0 Å². The molecular formula is C31H52N4O2. The van der Waals surface area contributed by atoms with E-state index in [0.717, 1.165) is 38.8 Å². The molecule has 1 aromatic rings. The third kappa shape index (κ3) is 5.15. The van der Waals surface area contributed by atoms with Crippen molar-refractivity contribution >= 4 is 11.9 Å². The van der Waals surface area contributed by atoms with Crippen molar-refractivity contribution in [3.63, 3.8) is 0 Å². The maximum Gasteiger partial charge on any atom is 0.317 e. The van der Waals surface area contributed by atoms with Crippen LogP contribution in [0.5, 0.6) is 0 Å². The van der Waals surface area contributed by atoms with Gasteiger partial charge in [0.05, 0.1) is 6.04 Å². The smallest absolute Gasteiger partial charge is 0.317 e. The van der Waals surface area contributed by atoms with Gasteiger partial charge in [-0.3, -0.25) is 4.79 Å². The summed E-state index contributed by atoms with van der Waals surface area (Å²) in [6, 6.07) is 10.5. The topological polar surface area (TPSA) is 55.9 Å². The molecule has 1 aromatic carbocycles. The first-order valence-corrected chi connectivity index (χ1v) is 14.7. The average molecular weight is 513 g/mol. The predicted molar refractivity (Wildman–Crippen MR) is 153 cm³/mol. The Kier molecular flexibility index (Phi) is 7.34. The van der Waals surface area contributed by atoms with Gasteiger partial charge >= 0.3 is 6.03 Å². The minimum Gasteiger partial charge on any atom is -0.336 e. The molecule has 0 aromatic heterocycles. The number of rotatable bonds is 2. The van der Waals surface area contributed by atoms with E-state index in [-0.39, 0.29) is 25.8 Å². The van der Waals surface area contributed by atoms with Crippen molar-refractivity contribution in [3.05, 3.63) is 35.4 Å². The lowest BCUT2D eigenvalue weighted by molar-refractivity contribution is -0.143. The van der Waals surface area contributed by atoms with E-state index in [4.69, 9.17) is 0 Å². The fourth-order valence-electron chi connectivity index (χ4n) is 7.79. The van der Waals surface area contributed by atoms with E-state index in [2.05, 4.69) is 60.2 Å². The van der Waals surface area contributed by atoms with Gasteiger partial charge < -0.3 is 20.0 Å². The summed E-state index contributed by atoms with van der Waals surface area (Å²) >= 11 is 0. The lowest BCUT2D eigenvalue weighted by Crippen LogP contribution is -2.52. The van der Waals surface area contributed by atoms with Gasteiger partial charge in [-0.2, -0.15) is 0 Å². The normalized spacial score (nSPS) is 29.8. The lowest BCUT2D eigenvalue weighted by Gasteiger charge is -2.49. The number of benzene rings is 1. The summed E-state index contributed by atoms with van der Waals surface area (Å²) in [6.45, 7) is 8.53. The first-order chi connectivity index (χ1) is 17.6. The second kappa shape index (κ2) is 10.2. The molecule has 0 saturated carbocycles. The summed E-state index contributed by atoms with van der Waals surface area (Å²) in [7, 11) is 3.62. The first kappa shape index (κ1) is 26.5. The maximum absolute atomic E-state index is 13.2. The number of amides is 3. The van der Waals surface area contributed by atoms with Gasteiger partial charge in [0.15, 0.2) is 0 Å². The highest BCUT2D eigenvalue weighted by atomic mass is 16.2. The summed E-state index contributed by atoms with van der Waals surface area (Å²) in [5.41, 5.74) is 2.74. The summed E-state index contributed by atoms with van der Waals surface area (Å²) < 4.78 is 0. The molecule has 3 atom stereocenters. The highest BCUT2D eigenvalue weighted by Crippen LogP contribution is 2.48. The molecule has 2 unspecified atom stereocenters. The molecular weight excluding hydrogens is 460 g/mol. The molecule has 1 aliphatic carbocycles. The Bertz CT molecular complexity index is 987. The van der Waals surface area contributed by atoms with Gasteiger partial charge in [0.1, 0.15) is 0 Å². The fraction of sp³-hybridized carbons (Fsp3) is 0.742. The Morgan fingerprint density at radius 2 is 1.46 bits per heavy atom. The highest BCUT2D eigenvalue weighted by Gasteiger charge is 2.45. The van der Waals surface area contributed by atoms with Gasteiger partial charge in [-0.05, 0) is 93.8 Å². The third-order valence-corrected chi connectivity index (χ3v) is 9.96. The Balaban J connectivity index is 0.00000210. The highest BCUT2D eigenvalue weighted by molar-refractivity contribution is 5.82. The number of nitrogens with zero attached hydrogens (tertiary/aromatic N) is 3. The number of carbonyl (C=O) groups is 2. The second-order valence-electron chi connectivity index (χ2n) is 13.5. The number of piperidine rings is 1. The average Bonchev–Trinajstić information content (AvgIpc) is 3.30. The van der Waals surface area contributed by atoms with Crippen molar-refractivity contribution in [3.8, 4) is 0 Å². The van der Waals surface area contributed by atoms with Crippen LogP contribution in [0.2, 0.25) is 0 Å². The van der Waals surface area contributed by atoms with Crippen LogP contribution in [0.25, 0.3) is 0 Å². The number of fused-ring (bicyclic) bond motifs is 4. The van der Waals surface area contributed by atoms with Crippen molar-refractivity contribution < 1.29 is 12.4 Å². The van der Waals surface area contributed by atoms with Crippen LogP contribution in [0.1, 0.15) is 105 Å². The molecule has 3 fully saturated rings. The largest absolute Gasteiger partial charge is 0.336 e. The molecule has 1 spiro atoms. The molecule has 37 heavy (non-hydrogen) atoms. The van der Waals surface area contributed by atoms with Crippen LogP contribution < -0.4 is 5.32 Å². The zero-order valence-electron chi connectivity index (χ0n) is 23.8. The Morgan fingerprint density at radius 1 is 0.892 bits per heavy atom. The summed E-state index contributed by atoms with van der Waals surface area (Å²) in [4.78, 5) is 32.3. The number of nitrogens with one attached hydrogen (secondary N) is 1. The van der Waals surface area contributed by atoms with Crippen molar-refractivity contribution in [2.75, 3.05) is 27.2 Å². The molecule has 0 radical (unpaired) electrons. The quantitative estimate of drug-likeness (QED) is 0.531. The van der Waals surface area contributed by atoms with E-state index in [0.29, 0.717) is 24.0 Å². The van der Waals surface area contributed by atoms with E-state index in [1.807, 2.05) is 14.1 Å². The van der Waals surface area contributed by atoms with Crippen LogP contribution in [0.15, 0.2) is 24.3 Å². The van der Waals surface area contributed by atoms with Crippen molar-refractivity contribution in [2.24, 2.45) is 5.41 Å². The Morgan fingerprint density at radius 3 is 2.03 bits per heavy atom. The van der Waals surface area contributed by atoms with E-state index in [1.54, 1.807) is 4.90 Å². The third-order valence-electron chi connectivity index (χ3n) is 9.96. The Labute approximate surface area is 227 Å². The van der Waals surface area contributed by atoms with Gasteiger partial charge in [-0.25, -0.2) is 4.79 Å². The molecule has 2 bridgehead atoms. The van der Waals surface area contributed by atoms with Gasteiger partial charge in [-0.1, -0.05) is 45.0 Å². The number of urea groups is 1. The first-order valence-electron chi connectivity index (χ1n) is 14.7. The predicted octanol–water partition coefficient (Wildman–Crippen LogP) is 5.97. The molecule has 6 nitrogen and oxygen atoms in total. The van der Waals surface area contributed by atoms with Gasteiger partial charge in [0.2, 0.25) is 5.91 Å². The van der Waals surface area contributed by atoms with Gasteiger partial charge in [-0.15, -0.1) is 0 Å². The number of likely N-dealkylation sites (tertiary alicyclic amines) is 1. The number of hydrogen-bond donors (Lipinski definition) is 1. The molecule has 3 aliphatic heterocycles. The second-order valence-corrected chi connectivity index (χ2v) is 13.5. The molecule has 1 N–H and O–H groups in total. The maximum atomic E-state index is 13.2. The summed E-state index contributed by atoms with van der Waals surface area (Å²) in [5.74, 6) is 0.356. The zero-order chi connectivity index (χ0) is 26.4. The fourth-order valence-corrected chi connectivity index (χ4v) is 7.79. The molecule has 4 aliphatic rings. The molecule has 3 amide bonds. The van der Waals surface area contributed by atoms with Gasteiger partial charge in [0.25, 0.3) is 0 Å². The standard InChI is InChI=1S/C31H48N4O2.2H2/c1-30(2,3)28(36)35-23-12-10-22(11-13-24(35)15-14-23)34-20-18-31(19-21-34)17-16-27(32-29(37)33(4)5)25-8-6-7-9-26(25)31;;/h6-9,22-24,27H,10-21H2,1-5H3,(H,32,37);2*1H/t22?,23?,24?,27-;;/m1../s1. The van der Waals surface area contributed by atoms with Crippen LogP contribution in [0, 0.1) is 5.41 Å². The minimum atomic E-state index is -0.287. The van der Waals surface area contributed by atoms with Crippen LogP contribution in [-0.2, 0) is 10.2 Å². The molecule has 6 heteroatoms. The summed E-state index contributed by atoms with van der Waals surface area (Å²) in [5, 5.41) is 3.25. The number of carbonyl (C=O) groups excluding carboxylic acids is 2. The van der Waals surface area contributed by atoms with E-state index in [1.165, 1.54) is 49.7 Å². The zero-order valence-corrected chi connectivity index (χ0v) is 23.8. The molecule has 208 valence electrons. The van der Waals surface area contributed by atoms with Crippen molar-refractivity contribution in [1.82, 2.24) is 20.0 Å². The minimum absolute atomic E-state index is 0. The molecule has 3 saturated heterocycles. The van der Waals surface area contributed by atoms with Crippen LogP contribution >= 0.6 is 0 Å². The van der Waals surface area contributed by atoms with Crippen LogP contribution in [0.4, 0.5) is 4.79 Å². The summed E-state index contributed by atoms with van der Waals surface area (Å²) in [6.07, 6.45) is 11.7. The molecule has 5 rings (SSSR count). The number of hydrogen-bond acceptors (Lipinski definition) is 3. The molecule has 3 heterocycles. The Hall–Kier alpha value is -2.08. The van der Waals surface area contributed by atoms with Gasteiger partial charge in [0, 0.05) is 40.5 Å². The van der Waals surface area contributed by atoms with Crippen LogP contribution in [0.3, 0.4) is 0 Å². The lowest BCUT2D eigenvalue weighted by atomic mass is 9.63. The monoisotopic (exact) mass is 512 g/mol. The van der Waals surface area contributed by atoms with Crippen molar-refractivity contribution in [1.29, 1.82) is 0 Å². The van der Waals surface area contributed by atoms with E-state index >= 15 is 0 Å².